The largest absolute Gasteiger partial charge is 0.573 e. The molecule has 0 unspecified atom stereocenters. The number of nitrogens with two attached hydrogens (primary N) is 1. The minimum atomic E-state index is -5.03. The van der Waals surface area contributed by atoms with Gasteiger partial charge in [-0.2, -0.15) is 5.26 Å². The summed E-state index contributed by atoms with van der Waals surface area (Å²) in [6, 6.07) is 3.73. The lowest BCUT2D eigenvalue weighted by molar-refractivity contribution is -0.274. The Labute approximate surface area is 106 Å². The SMILES string of the molecule is COC(=O)c1cc(CN)cc(C#N)c1OC(F)(F)F. The van der Waals surface area contributed by atoms with Crippen LogP contribution in [0.4, 0.5) is 13.2 Å². The second kappa shape index (κ2) is 5.58. The van der Waals surface area contributed by atoms with Gasteiger partial charge >= 0.3 is 12.3 Å². The van der Waals surface area contributed by atoms with Crippen molar-refractivity contribution in [1.29, 1.82) is 5.26 Å². The van der Waals surface area contributed by atoms with E-state index in [2.05, 4.69) is 9.47 Å². The highest BCUT2D eigenvalue weighted by molar-refractivity contribution is 5.93. The number of carbonyl (C=O) groups excluding carboxylic acids is 1. The van der Waals surface area contributed by atoms with E-state index in [1.165, 1.54) is 6.07 Å². The van der Waals surface area contributed by atoms with Gasteiger partial charge in [0.15, 0.2) is 5.75 Å². The molecule has 0 aliphatic rings. The van der Waals surface area contributed by atoms with Crippen LogP contribution in [0.25, 0.3) is 0 Å². The minimum absolute atomic E-state index is 0.0506. The number of halogens is 3. The van der Waals surface area contributed by atoms with Crippen molar-refractivity contribution >= 4 is 5.97 Å². The van der Waals surface area contributed by atoms with Crippen molar-refractivity contribution in [3.05, 3.63) is 28.8 Å². The van der Waals surface area contributed by atoms with Crippen molar-refractivity contribution < 1.29 is 27.4 Å². The average molecular weight is 274 g/mol. The van der Waals surface area contributed by atoms with Crippen LogP contribution in [-0.4, -0.2) is 19.4 Å². The van der Waals surface area contributed by atoms with Gasteiger partial charge < -0.3 is 15.2 Å². The Morgan fingerprint density at radius 3 is 2.53 bits per heavy atom. The number of benzene rings is 1. The molecule has 0 bridgehead atoms. The minimum Gasteiger partial charge on any atom is -0.465 e. The molecule has 0 saturated heterocycles. The summed E-state index contributed by atoms with van der Waals surface area (Å²) in [5.74, 6) is -1.94. The predicted octanol–water partition coefficient (Wildman–Crippen LogP) is 1.70. The highest BCUT2D eigenvalue weighted by Crippen LogP contribution is 2.31. The number of carbonyl (C=O) groups is 1. The Morgan fingerprint density at radius 2 is 2.11 bits per heavy atom. The number of rotatable bonds is 3. The molecule has 0 fully saturated rings. The van der Waals surface area contributed by atoms with Crippen LogP contribution in [0.15, 0.2) is 12.1 Å². The summed E-state index contributed by atoms with van der Waals surface area (Å²) in [6.45, 7) is -0.0506. The normalized spacial score (nSPS) is 10.7. The van der Waals surface area contributed by atoms with Gasteiger partial charge in [-0.25, -0.2) is 4.79 Å². The number of hydrogen-bond acceptors (Lipinski definition) is 5. The van der Waals surface area contributed by atoms with E-state index in [-0.39, 0.29) is 6.54 Å². The molecule has 0 radical (unpaired) electrons. The number of esters is 1. The highest BCUT2D eigenvalue weighted by atomic mass is 19.4. The highest BCUT2D eigenvalue weighted by Gasteiger charge is 2.35. The molecule has 5 nitrogen and oxygen atoms in total. The third kappa shape index (κ3) is 3.59. The molecule has 0 saturated carbocycles. The van der Waals surface area contributed by atoms with Crippen molar-refractivity contribution in [2.75, 3.05) is 7.11 Å². The van der Waals surface area contributed by atoms with Gasteiger partial charge in [-0.3, -0.25) is 0 Å². The molecule has 0 spiro atoms. The molecular weight excluding hydrogens is 265 g/mol. The van der Waals surface area contributed by atoms with E-state index >= 15 is 0 Å². The molecule has 0 aromatic heterocycles. The zero-order chi connectivity index (χ0) is 14.6. The number of ether oxygens (including phenoxy) is 2. The molecule has 0 heterocycles. The Kier molecular flexibility index (Phi) is 4.34. The predicted molar refractivity (Wildman–Crippen MR) is 57.1 cm³/mol. The van der Waals surface area contributed by atoms with Gasteiger partial charge in [0.05, 0.1) is 12.7 Å². The monoisotopic (exact) mass is 274 g/mol. The lowest BCUT2D eigenvalue weighted by Gasteiger charge is -2.14. The lowest BCUT2D eigenvalue weighted by atomic mass is 10.0. The summed E-state index contributed by atoms with van der Waals surface area (Å²) >= 11 is 0. The fraction of sp³-hybridized carbons (Fsp3) is 0.273. The summed E-state index contributed by atoms with van der Waals surface area (Å²) in [5, 5.41) is 8.82. The fourth-order valence-corrected chi connectivity index (χ4v) is 1.38. The van der Waals surface area contributed by atoms with Gasteiger partial charge in [0.2, 0.25) is 0 Å². The van der Waals surface area contributed by atoms with Crippen molar-refractivity contribution in [2.24, 2.45) is 5.73 Å². The van der Waals surface area contributed by atoms with Gasteiger partial charge in [-0.1, -0.05) is 0 Å². The first-order valence-electron chi connectivity index (χ1n) is 4.93. The first-order valence-corrected chi connectivity index (χ1v) is 4.93. The number of nitriles is 1. The maximum absolute atomic E-state index is 12.3. The number of alkyl halides is 3. The maximum Gasteiger partial charge on any atom is 0.573 e. The molecule has 19 heavy (non-hydrogen) atoms. The molecule has 1 aromatic carbocycles. The fourth-order valence-electron chi connectivity index (χ4n) is 1.38. The quantitative estimate of drug-likeness (QED) is 0.848. The van der Waals surface area contributed by atoms with E-state index in [0.29, 0.717) is 5.56 Å². The van der Waals surface area contributed by atoms with E-state index in [1.54, 1.807) is 0 Å². The van der Waals surface area contributed by atoms with Crippen LogP contribution in [0.2, 0.25) is 0 Å². The number of nitrogens with zero attached hydrogens (tertiary/aromatic N) is 1. The standard InChI is InChI=1S/C11H9F3N2O3/c1-18-10(17)8-3-6(4-15)2-7(5-16)9(8)19-11(12,13)14/h2-3H,4,15H2,1H3. The van der Waals surface area contributed by atoms with Crippen molar-refractivity contribution in [3.8, 4) is 11.8 Å². The molecule has 8 heteroatoms. The topological polar surface area (TPSA) is 85.3 Å². The summed E-state index contributed by atoms with van der Waals surface area (Å²) in [7, 11) is 1.00. The lowest BCUT2D eigenvalue weighted by Crippen LogP contribution is -2.20. The molecule has 0 aliphatic heterocycles. The van der Waals surface area contributed by atoms with Crippen molar-refractivity contribution in [2.45, 2.75) is 12.9 Å². The molecular formula is C11H9F3N2O3. The molecule has 0 atom stereocenters. The zero-order valence-corrected chi connectivity index (χ0v) is 9.75. The van der Waals surface area contributed by atoms with E-state index in [0.717, 1.165) is 19.2 Å². The molecule has 1 rings (SSSR count). The van der Waals surface area contributed by atoms with Crippen LogP contribution in [0.3, 0.4) is 0 Å². The van der Waals surface area contributed by atoms with Gasteiger partial charge in [-0.05, 0) is 17.7 Å². The Bertz CT molecular complexity index is 535. The third-order valence-corrected chi connectivity index (χ3v) is 2.13. The van der Waals surface area contributed by atoms with E-state index < -0.39 is 29.2 Å². The van der Waals surface area contributed by atoms with Crippen LogP contribution in [0.5, 0.6) is 5.75 Å². The van der Waals surface area contributed by atoms with Gasteiger partial charge in [-0.15, -0.1) is 13.2 Å². The van der Waals surface area contributed by atoms with Crippen LogP contribution in [-0.2, 0) is 11.3 Å². The van der Waals surface area contributed by atoms with Crippen LogP contribution in [0, 0.1) is 11.3 Å². The second-order valence-electron chi connectivity index (χ2n) is 3.38. The Morgan fingerprint density at radius 1 is 1.47 bits per heavy atom. The Hall–Kier alpha value is -2.27. The first kappa shape index (κ1) is 14.8. The molecule has 2 N–H and O–H groups in total. The molecule has 0 amide bonds. The third-order valence-electron chi connectivity index (χ3n) is 2.13. The van der Waals surface area contributed by atoms with E-state index in [1.807, 2.05) is 0 Å². The Balaban J connectivity index is 3.47. The number of hydrogen-bond donors (Lipinski definition) is 1. The molecule has 102 valence electrons. The van der Waals surface area contributed by atoms with E-state index in [4.69, 9.17) is 11.0 Å². The zero-order valence-electron chi connectivity index (χ0n) is 9.75. The van der Waals surface area contributed by atoms with Crippen molar-refractivity contribution in [1.82, 2.24) is 0 Å². The van der Waals surface area contributed by atoms with Gasteiger partial charge in [0.1, 0.15) is 11.6 Å². The summed E-state index contributed by atoms with van der Waals surface area (Å²) < 4.78 is 44.9. The van der Waals surface area contributed by atoms with Gasteiger partial charge in [0.25, 0.3) is 0 Å². The van der Waals surface area contributed by atoms with E-state index in [9.17, 15) is 18.0 Å². The average Bonchev–Trinajstić information content (AvgIpc) is 2.36. The van der Waals surface area contributed by atoms with Gasteiger partial charge in [0, 0.05) is 6.54 Å². The van der Waals surface area contributed by atoms with Crippen LogP contribution in [0.1, 0.15) is 21.5 Å². The summed E-state index contributed by atoms with van der Waals surface area (Å²) in [4.78, 5) is 11.4. The van der Waals surface area contributed by atoms with Crippen LogP contribution >= 0.6 is 0 Å². The smallest absolute Gasteiger partial charge is 0.465 e. The number of methoxy groups -OCH3 is 1. The molecule has 1 aromatic rings. The second-order valence-corrected chi connectivity index (χ2v) is 3.38. The maximum atomic E-state index is 12.3. The summed E-state index contributed by atoms with van der Waals surface area (Å²) in [5.41, 5.74) is 4.70. The van der Waals surface area contributed by atoms with Crippen molar-refractivity contribution in [3.63, 3.8) is 0 Å². The summed E-state index contributed by atoms with van der Waals surface area (Å²) in [6.07, 6.45) is -5.03. The van der Waals surface area contributed by atoms with Crippen LogP contribution < -0.4 is 10.5 Å². The molecule has 0 aliphatic carbocycles. The first-order chi connectivity index (χ1) is 8.82.